The van der Waals surface area contributed by atoms with E-state index in [1.54, 1.807) is 0 Å². The van der Waals surface area contributed by atoms with Crippen LogP contribution in [0.5, 0.6) is 0 Å². The summed E-state index contributed by atoms with van der Waals surface area (Å²) in [5.41, 5.74) is 2.25. The first kappa shape index (κ1) is 17.5. The van der Waals surface area contributed by atoms with Crippen LogP contribution in [0.25, 0.3) is 0 Å². The topological polar surface area (TPSA) is 40.6 Å². The maximum Gasteiger partial charge on any atom is 0.227 e. The van der Waals surface area contributed by atoms with Gasteiger partial charge in [0.05, 0.1) is 6.42 Å². The number of nitrogens with zero attached hydrogens (tertiary/aromatic N) is 2. The SMILES string of the molecule is CCC(CC)C(=O)N1CCN(C(=O)Cc2ccccc2C)CC1. The third-order valence-corrected chi connectivity index (χ3v) is 4.88. The fraction of sp³-hybridized carbons (Fsp3) is 0.579. The van der Waals surface area contributed by atoms with Crippen molar-refractivity contribution in [3.8, 4) is 0 Å². The van der Waals surface area contributed by atoms with E-state index >= 15 is 0 Å². The number of carbonyl (C=O) groups is 2. The van der Waals surface area contributed by atoms with E-state index in [1.165, 1.54) is 0 Å². The summed E-state index contributed by atoms with van der Waals surface area (Å²) in [5.74, 6) is 0.541. The molecule has 1 saturated heterocycles. The second-order valence-electron chi connectivity index (χ2n) is 6.32. The zero-order valence-corrected chi connectivity index (χ0v) is 14.5. The zero-order valence-electron chi connectivity index (χ0n) is 14.5. The highest BCUT2D eigenvalue weighted by Gasteiger charge is 2.27. The maximum atomic E-state index is 12.5. The van der Waals surface area contributed by atoms with Gasteiger partial charge in [0.25, 0.3) is 0 Å². The zero-order chi connectivity index (χ0) is 16.8. The molecule has 0 spiro atoms. The molecule has 0 radical (unpaired) electrons. The number of amides is 2. The smallest absolute Gasteiger partial charge is 0.227 e. The van der Waals surface area contributed by atoms with Gasteiger partial charge in [0.1, 0.15) is 0 Å². The second kappa shape index (κ2) is 8.14. The van der Waals surface area contributed by atoms with Gasteiger partial charge in [-0.15, -0.1) is 0 Å². The lowest BCUT2D eigenvalue weighted by Crippen LogP contribution is -2.52. The van der Waals surface area contributed by atoms with E-state index in [-0.39, 0.29) is 17.7 Å². The number of hydrogen-bond donors (Lipinski definition) is 0. The van der Waals surface area contributed by atoms with Gasteiger partial charge >= 0.3 is 0 Å². The van der Waals surface area contributed by atoms with Crippen LogP contribution in [0, 0.1) is 12.8 Å². The van der Waals surface area contributed by atoms with E-state index in [4.69, 9.17) is 0 Å². The van der Waals surface area contributed by atoms with Crippen LogP contribution in [-0.2, 0) is 16.0 Å². The molecule has 1 aromatic carbocycles. The minimum atomic E-state index is 0.129. The molecule has 0 bridgehead atoms. The van der Waals surface area contributed by atoms with Crippen LogP contribution in [0.4, 0.5) is 0 Å². The molecule has 4 heteroatoms. The molecule has 0 aliphatic carbocycles. The fourth-order valence-corrected chi connectivity index (χ4v) is 3.16. The van der Waals surface area contributed by atoms with Crippen molar-refractivity contribution >= 4 is 11.8 Å². The van der Waals surface area contributed by atoms with Crippen LogP contribution in [0.3, 0.4) is 0 Å². The minimum Gasteiger partial charge on any atom is -0.339 e. The van der Waals surface area contributed by atoms with E-state index in [1.807, 2.05) is 41.0 Å². The van der Waals surface area contributed by atoms with Crippen LogP contribution >= 0.6 is 0 Å². The van der Waals surface area contributed by atoms with Crippen molar-refractivity contribution in [2.45, 2.75) is 40.0 Å². The summed E-state index contributed by atoms with van der Waals surface area (Å²) >= 11 is 0. The van der Waals surface area contributed by atoms with Crippen molar-refractivity contribution in [2.75, 3.05) is 26.2 Å². The molecule has 0 N–H and O–H groups in total. The Bertz CT molecular complexity index is 544. The van der Waals surface area contributed by atoms with Gasteiger partial charge in [-0.3, -0.25) is 9.59 Å². The summed E-state index contributed by atoms with van der Waals surface area (Å²) in [7, 11) is 0. The Morgan fingerprint density at radius 1 is 1.00 bits per heavy atom. The summed E-state index contributed by atoms with van der Waals surface area (Å²) in [6.45, 7) is 8.79. The summed E-state index contributed by atoms with van der Waals surface area (Å²) < 4.78 is 0. The molecular weight excluding hydrogens is 288 g/mol. The van der Waals surface area contributed by atoms with Crippen LogP contribution < -0.4 is 0 Å². The van der Waals surface area contributed by atoms with Crippen LogP contribution in [-0.4, -0.2) is 47.8 Å². The summed E-state index contributed by atoms with van der Waals surface area (Å²) in [4.78, 5) is 28.7. The van der Waals surface area contributed by atoms with Gasteiger partial charge in [-0.1, -0.05) is 38.1 Å². The number of benzene rings is 1. The summed E-state index contributed by atoms with van der Waals surface area (Å²) in [5, 5.41) is 0. The number of aryl methyl sites for hydroxylation is 1. The number of carbonyl (C=O) groups excluding carboxylic acids is 2. The number of hydrogen-bond acceptors (Lipinski definition) is 2. The third-order valence-electron chi connectivity index (χ3n) is 4.88. The largest absolute Gasteiger partial charge is 0.339 e. The van der Waals surface area contributed by atoms with Crippen molar-refractivity contribution in [3.63, 3.8) is 0 Å². The van der Waals surface area contributed by atoms with Crippen molar-refractivity contribution in [1.82, 2.24) is 9.80 Å². The summed E-state index contributed by atoms with van der Waals surface area (Å²) in [6, 6.07) is 8.02. The molecule has 1 aliphatic heterocycles. The standard InChI is InChI=1S/C19H28N2O2/c1-4-16(5-2)19(23)21-12-10-20(11-13-21)18(22)14-17-9-7-6-8-15(17)3/h6-9,16H,4-5,10-14H2,1-3H3. The molecule has 1 aromatic rings. The van der Waals surface area contributed by atoms with Gasteiger partial charge in [-0.25, -0.2) is 0 Å². The van der Waals surface area contributed by atoms with Gasteiger partial charge in [0, 0.05) is 32.1 Å². The molecule has 0 aromatic heterocycles. The van der Waals surface area contributed by atoms with E-state index in [0.717, 1.165) is 24.0 Å². The van der Waals surface area contributed by atoms with Crippen LogP contribution in [0.2, 0.25) is 0 Å². The lowest BCUT2D eigenvalue weighted by molar-refractivity contribution is -0.142. The predicted octanol–water partition coefficient (Wildman–Crippen LogP) is 2.64. The highest BCUT2D eigenvalue weighted by molar-refractivity contribution is 5.81. The van der Waals surface area contributed by atoms with Crippen molar-refractivity contribution in [1.29, 1.82) is 0 Å². The lowest BCUT2D eigenvalue weighted by atomic mass is 10.0. The third kappa shape index (κ3) is 4.34. The molecule has 0 saturated carbocycles. The molecule has 0 unspecified atom stereocenters. The Morgan fingerprint density at radius 2 is 1.57 bits per heavy atom. The number of rotatable bonds is 5. The molecule has 1 fully saturated rings. The summed E-state index contributed by atoms with van der Waals surface area (Å²) in [6.07, 6.45) is 2.23. The molecule has 1 heterocycles. The maximum absolute atomic E-state index is 12.5. The van der Waals surface area contributed by atoms with Gasteiger partial charge in [0.2, 0.25) is 11.8 Å². The van der Waals surface area contributed by atoms with Crippen LogP contribution in [0.1, 0.15) is 37.8 Å². The Hall–Kier alpha value is -1.84. The van der Waals surface area contributed by atoms with E-state index in [0.29, 0.717) is 32.6 Å². The molecule has 126 valence electrons. The molecule has 4 nitrogen and oxygen atoms in total. The Labute approximate surface area is 139 Å². The Morgan fingerprint density at radius 3 is 2.13 bits per heavy atom. The fourth-order valence-electron chi connectivity index (χ4n) is 3.16. The van der Waals surface area contributed by atoms with E-state index < -0.39 is 0 Å². The highest BCUT2D eigenvalue weighted by Crippen LogP contribution is 2.15. The van der Waals surface area contributed by atoms with Gasteiger partial charge < -0.3 is 9.80 Å². The minimum absolute atomic E-state index is 0.129. The molecule has 2 rings (SSSR count). The molecule has 2 amide bonds. The molecule has 0 atom stereocenters. The first-order valence-electron chi connectivity index (χ1n) is 8.67. The van der Waals surface area contributed by atoms with Gasteiger partial charge in [-0.2, -0.15) is 0 Å². The first-order valence-corrected chi connectivity index (χ1v) is 8.67. The van der Waals surface area contributed by atoms with Gasteiger partial charge in [0.15, 0.2) is 0 Å². The Kier molecular flexibility index (Phi) is 6.20. The average Bonchev–Trinajstić information content (AvgIpc) is 2.58. The van der Waals surface area contributed by atoms with Crippen molar-refractivity contribution in [2.24, 2.45) is 5.92 Å². The lowest BCUT2D eigenvalue weighted by Gasteiger charge is -2.36. The average molecular weight is 316 g/mol. The van der Waals surface area contributed by atoms with Crippen molar-refractivity contribution in [3.05, 3.63) is 35.4 Å². The highest BCUT2D eigenvalue weighted by atomic mass is 16.2. The first-order chi connectivity index (χ1) is 11.1. The van der Waals surface area contributed by atoms with Gasteiger partial charge in [-0.05, 0) is 30.9 Å². The van der Waals surface area contributed by atoms with Crippen molar-refractivity contribution < 1.29 is 9.59 Å². The van der Waals surface area contributed by atoms with E-state index in [9.17, 15) is 9.59 Å². The molecular formula is C19H28N2O2. The predicted molar refractivity (Wildman–Crippen MR) is 92.1 cm³/mol. The normalized spacial score (nSPS) is 15.1. The monoisotopic (exact) mass is 316 g/mol. The van der Waals surface area contributed by atoms with E-state index in [2.05, 4.69) is 13.8 Å². The molecule has 1 aliphatic rings. The Balaban J connectivity index is 1.88. The van der Waals surface area contributed by atoms with Crippen LogP contribution in [0.15, 0.2) is 24.3 Å². The second-order valence-corrected chi connectivity index (χ2v) is 6.32. The quantitative estimate of drug-likeness (QED) is 0.838. The molecule has 23 heavy (non-hydrogen) atoms. The number of piperazine rings is 1.